The van der Waals surface area contributed by atoms with Crippen molar-refractivity contribution in [2.45, 2.75) is 18.9 Å². The standard InChI is InChI=1S/C24H24ClNO3/c25-22-8-2-7-21(15-22)23(27)16-26-13-3-5-17-4-1-6-20(14-17)18-9-11-19(12-10-18)24(28)29/h1-2,4,6-12,14-15,23,26-27H,3,5,13,16H2,(H,28,29)/t23-/m0/s1. The molecule has 0 aromatic heterocycles. The van der Waals surface area contributed by atoms with Gasteiger partial charge in [-0.25, -0.2) is 4.79 Å². The number of nitrogens with one attached hydrogen (secondary N) is 1. The molecule has 0 aliphatic carbocycles. The Morgan fingerprint density at radius 3 is 2.45 bits per heavy atom. The van der Waals surface area contributed by atoms with E-state index in [9.17, 15) is 9.90 Å². The maximum Gasteiger partial charge on any atom is 0.335 e. The van der Waals surface area contributed by atoms with Crippen molar-refractivity contribution in [2.75, 3.05) is 13.1 Å². The van der Waals surface area contributed by atoms with Crippen LogP contribution in [0.5, 0.6) is 0 Å². The largest absolute Gasteiger partial charge is 0.478 e. The molecule has 0 fully saturated rings. The molecule has 0 saturated carbocycles. The van der Waals surface area contributed by atoms with Crippen LogP contribution in [0, 0.1) is 0 Å². The molecule has 1 atom stereocenters. The van der Waals surface area contributed by atoms with Crippen molar-refractivity contribution in [1.29, 1.82) is 0 Å². The van der Waals surface area contributed by atoms with Gasteiger partial charge in [0.1, 0.15) is 0 Å². The van der Waals surface area contributed by atoms with Crippen LogP contribution in [0.2, 0.25) is 5.02 Å². The second-order valence-electron chi connectivity index (χ2n) is 6.96. The number of carboxylic acids is 1. The maximum absolute atomic E-state index is 11.0. The number of carbonyl (C=O) groups is 1. The minimum Gasteiger partial charge on any atom is -0.478 e. The number of aromatic carboxylic acids is 1. The third kappa shape index (κ3) is 6.16. The number of hydrogen-bond acceptors (Lipinski definition) is 3. The number of carboxylic acid groups (broad SMARTS) is 1. The van der Waals surface area contributed by atoms with Crippen LogP contribution in [0.1, 0.15) is 34.0 Å². The molecule has 0 bridgehead atoms. The van der Waals surface area contributed by atoms with Gasteiger partial charge in [0.2, 0.25) is 0 Å². The molecule has 3 aromatic rings. The van der Waals surface area contributed by atoms with Gasteiger partial charge in [-0.2, -0.15) is 0 Å². The van der Waals surface area contributed by atoms with Gasteiger partial charge >= 0.3 is 5.97 Å². The highest BCUT2D eigenvalue weighted by molar-refractivity contribution is 6.30. The Morgan fingerprint density at radius 1 is 0.966 bits per heavy atom. The number of aliphatic hydroxyl groups excluding tert-OH is 1. The molecule has 0 aliphatic heterocycles. The van der Waals surface area contributed by atoms with Crippen LogP contribution in [-0.2, 0) is 6.42 Å². The summed E-state index contributed by atoms with van der Waals surface area (Å²) < 4.78 is 0. The number of halogens is 1. The molecule has 0 amide bonds. The summed E-state index contributed by atoms with van der Waals surface area (Å²) in [6, 6.07) is 22.5. The van der Waals surface area contributed by atoms with Crippen LogP contribution in [0.4, 0.5) is 0 Å². The fourth-order valence-electron chi connectivity index (χ4n) is 3.20. The molecule has 0 aliphatic rings. The van der Waals surface area contributed by atoms with Crippen LogP contribution in [0.15, 0.2) is 72.8 Å². The second kappa shape index (κ2) is 10.2. The van der Waals surface area contributed by atoms with Gasteiger partial charge in [-0.05, 0) is 65.9 Å². The number of benzene rings is 3. The van der Waals surface area contributed by atoms with Crippen molar-refractivity contribution in [3.63, 3.8) is 0 Å². The van der Waals surface area contributed by atoms with Crippen LogP contribution in [-0.4, -0.2) is 29.3 Å². The summed E-state index contributed by atoms with van der Waals surface area (Å²) in [5, 5.41) is 23.1. The zero-order valence-electron chi connectivity index (χ0n) is 16.0. The molecule has 0 saturated heterocycles. The zero-order chi connectivity index (χ0) is 20.6. The molecular weight excluding hydrogens is 386 g/mol. The highest BCUT2D eigenvalue weighted by Crippen LogP contribution is 2.22. The Balaban J connectivity index is 1.47. The van der Waals surface area contributed by atoms with E-state index in [1.54, 1.807) is 24.3 Å². The van der Waals surface area contributed by atoms with E-state index in [-0.39, 0.29) is 5.56 Å². The summed E-state index contributed by atoms with van der Waals surface area (Å²) >= 11 is 5.96. The van der Waals surface area contributed by atoms with Crippen molar-refractivity contribution < 1.29 is 15.0 Å². The molecule has 29 heavy (non-hydrogen) atoms. The predicted molar refractivity (Wildman–Crippen MR) is 116 cm³/mol. The summed E-state index contributed by atoms with van der Waals surface area (Å²) in [6.07, 6.45) is 1.29. The molecule has 0 unspecified atom stereocenters. The number of hydrogen-bond donors (Lipinski definition) is 3. The van der Waals surface area contributed by atoms with Gasteiger partial charge in [0.25, 0.3) is 0 Å². The summed E-state index contributed by atoms with van der Waals surface area (Å²) in [7, 11) is 0. The van der Waals surface area contributed by atoms with Gasteiger partial charge < -0.3 is 15.5 Å². The molecule has 0 spiro atoms. The van der Waals surface area contributed by atoms with E-state index < -0.39 is 12.1 Å². The lowest BCUT2D eigenvalue weighted by Crippen LogP contribution is -2.22. The highest BCUT2D eigenvalue weighted by Gasteiger charge is 2.07. The monoisotopic (exact) mass is 409 g/mol. The van der Waals surface area contributed by atoms with Crippen LogP contribution < -0.4 is 5.32 Å². The Bertz CT molecular complexity index is 956. The van der Waals surface area contributed by atoms with Crippen molar-refractivity contribution in [2.24, 2.45) is 0 Å². The third-order valence-electron chi connectivity index (χ3n) is 4.78. The molecule has 0 radical (unpaired) electrons. The molecule has 3 rings (SSSR count). The van der Waals surface area contributed by atoms with Gasteiger partial charge in [0.05, 0.1) is 11.7 Å². The Labute approximate surface area is 175 Å². The molecule has 150 valence electrons. The van der Waals surface area contributed by atoms with Crippen LogP contribution in [0.25, 0.3) is 11.1 Å². The van der Waals surface area contributed by atoms with Crippen molar-refractivity contribution in [3.05, 3.63) is 94.5 Å². The van der Waals surface area contributed by atoms with Crippen LogP contribution >= 0.6 is 11.6 Å². The maximum atomic E-state index is 11.0. The summed E-state index contributed by atoms with van der Waals surface area (Å²) in [5.41, 5.74) is 4.40. The fourth-order valence-corrected chi connectivity index (χ4v) is 3.40. The van der Waals surface area contributed by atoms with Crippen molar-refractivity contribution in [3.8, 4) is 11.1 Å². The lowest BCUT2D eigenvalue weighted by atomic mass is 10.00. The minimum absolute atomic E-state index is 0.288. The van der Waals surface area contributed by atoms with Gasteiger partial charge in [-0.1, -0.05) is 60.1 Å². The lowest BCUT2D eigenvalue weighted by Gasteiger charge is -2.12. The predicted octanol–water partition coefficient (Wildman–Crippen LogP) is 4.96. The van der Waals surface area contributed by atoms with E-state index in [1.807, 2.05) is 36.4 Å². The average molecular weight is 410 g/mol. The molecule has 3 N–H and O–H groups in total. The Kier molecular flexibility index (Phi) is 7.42. The minimum atomic E-state index is -0.918. The number of rotatable bonds is 9. The highest BCUT2D eigenvalue weighted by atomic mass is 35.5. The normalized spacial score (nSPS) is 11.9. The fraction of sp³-hybridized carbons (Fsp3) is 0.208. The lowest BCUT2D eigenvalue weighted by molar-refractivity contribution is 0.0697. The van der Waals surface area contributed by atoms with Gasteiger partial charge in [-0.15, -0.1) is 0 Å². The second-order valence-corrected chi connectivity index (χ2v) is 7.40. The molecule has 3 aromatic carbocycles. The first kappa shape index (κ1) is 21.1. The molecular formula is C24H24ClNO3. The van der Waals surface area contributed by atoms with E-state index in [0.717, 1.165) is 36.1 Å². The Morgan fingerprint density at radius 2 is 1.72 bits per heavy atom. The summed E-state index contributed by atoms with van der Waals surface area (Å²) in [6.45, 7) is 1.28. The first-order chi connectivity index (χ1) is 14.0. The van der Waals surface area contributed by atoms with E-state index in [4.69, 9.17) is 16.7 Å². The average Bonchev–Trinajstić information content (AvgIpc) is 2.73. The molecule has 4 nitrogen and oxygen atoms in total. The number of aryl methyl sites for hydroxylation is 1. The quantitative estimate of drug-likeness (QED) is 0.437. The van der Waals surface area contributed by atoms with Crippen molar-refractivity contribution >= 4 is 17.6 Å². The van der Waals surface area contributed by atoms with Gasteiger partial charge in [0.15, 0.2) is 0 Å². The van der Waals surface area contributed by atoms with Gasteiger partial charge in [-0.3, -0.25) is 0 Å². The Hall–Kier alpha value is -2.66. The van der Waals surface area contributed by atoms with Gasteiger partial charge in [0, 0.05) is 11.6 Å². The number of aliphatic hydroxyl groups is 1. The van der Waals surface area contributed by atoms with E-state index in [2.05, 4.69) is 17.4 Å². The van der Waals surface area contributed by atoms with Crippen LogP contribution in [0.3, 0.4) is 0 Å². The molecule has 5 heteroatoms. The third-order valence-corrected chi connectivity index (χ3v) is 5.02. The van der Waals surface area contributed by atoms with Crippen molar-refractivity contribution in [1.82, 2.24) is 5.32 Å². The zero-order valence-corrected chi connectivity index (χ0v) is 16.8. The summed E-state index contributed by atoms with van der Waals surface area (Å²) in [4.78, 5) is 11.0. The smallest absolute Gasteiger partial charge is 0.335 e. The summed E-state index contributed by atoms with van der Waals surface area (Å²) in [5.74, 6) is -0.918. The first-order valence-electron chi connectivity index (χ1n) is 9.60. The SMILES string of the molecule is O=C(O)c1ccc(-c2cccc(CCCNC[C@H](O)c3cccc(Cl)c3)c2)cc1. The van der Waals surface area contributed by atoms with E-state index in [0.29, 0.717) is 11.6 Å². The first-order valence-corrected chi connectivity index (χ1v) is 9.97. The molecule has 0 heterocycles. The topological polar surface area (TPSA) is 69.6 Å². The van der Waals surface area contributed by atoms with E-state index in [1.165, 1.54) is 5.56 Å². The van der Waals surface area contributed by atoms with E-state index >= 15 is 0 Å².